The Labute approximate surface area is 122 Å². The Morgan fingerprint density at radius 2 is 1.95 bits per heavy atom. The molecule has 0 amide bonds. The van der Waals surface area contributed by atoms with Crippen LogP contribution in [0.2, 0.25) is 0 Å². The molecular weight excluding hydrogens is 294 g/mol. The Morgan fingerprint density at radius 1 is 1.27 bits per heavy atom. The van der Waals surface area contributed by atoms with E-state index in [-0.39, 0.29) is 23.6 Å². The van der Waals surface area contributed by atoms with E-state index < -0.39 is 27.7 Å². The van der Waals surface area contributed by atoms with Crippen LogP contribution in [0.5, 0.6) is 0 Å². The molecule has 0 saturated heterocycles. The molecule has 1 aromatic carbocycles. The number of H-pyrrole nitrogens is 2. The number of ether oxygens (including phenoxy) is 1. The van der Waals surface area contributed by atoms with Gasteiger partial charge in [-0.3, -0.25) is 19.9 Å². The molecule has 1 aromatic heterocycles. The molecule has 22 heavy (non-hydrogen) atoms. The minimum atomic E-state index is -0.979. The first-order chi connectivity index (χ1) is 10.5. The first-order valence-corrected chi connectivity index (χ1v) is 6.23. The SMILES string of the molecule is CCOC(=O)c1c(-c2ccccc2[N+](=O)[O-])[nH]c(=O)[nH]c1=O. The van der Waals surface area contributed by atoms with Crippen LogP contribution >= 0.6 is 0 Å². The van der Waals surface area contributed by atoms with Gasteiger partial charge in [-0.15, -0.1) is 0 Å². The largest absolute Gasteiger partial charge is 0.462 e. The van der Waals surface area contributed by atoms with E-state index in [1.54, 1.807) is 6.92 Å². The number of aromatic amines is 2. The van der Waals surface area contributed by atoms with Crippen molar-refractivity contribution in [1.29, 1.82) is 0 Å². The van der Waals surface area contributed by atoms with E-state index >= 15 is 0 Å². The number of nitrogens with one attached hydrogen (secondary N) is 2. The number of carbonyl (C=O) groups is 1. The van der Waals surface area contributed by atoms with E-state index in [9.17, 15) is 24.5 Å². The second-order valence-corrected chi connectivity index (χ2v) is 4.15. The summed E-state index contributed by atoms with van der Waals surface area (Å²) < 4.78 is 4.76. The molecule has 0 fully saturated rings. The maximum absolute atomic E-state index is 11.9. The summed E-state index contributed by atoms with van der Waals surface area (Å²) in [6.07, 6.45) is 0. The third-order valence-electron chi connectivity index (χ3n) is 2.79. The molecule has 0 radical (unpaired) electrons. The van der Waals surface area contributed by atoms with Crippen LogP contribution in [0.4, 0.5) is 5.69 Å². The molecule has 2 aromatic rings. The van der Waals surface area contributed by atoms with Crippen LogP contribution in [0, 0.1) is 10.1 Å². The molecular formula is C13H11N3O6. The van der Waals surface area contributed by atoms with Crippen LogP contribution in [0.1, 0.15) is 17.3 Å². The van der Waals surface area contributed by atoms with Crippen LogP contribution in [0.15, 0.2) is 33.9 Å². The zero-order chi connectivity index (χ0) is 16.3. The topological polar surface area (TPSA) is 135 Å². The van der Waals surface area contributed by atoms with E-state index in [4.69, 9.17) is 4.74 Å². The number of carbonyl (C=O) groups excluding carboxylic acids is 1. The summed E-state index contributed by atoms with van der Waals surface area (Å²) in [6.45, 7) is 1.55. The molecule has 0 aliphatic heterocycles. The molecule has 0 aliphatic rings. The molecule has 0 spiro atoms. The number of nitro groups is 1. The number of hydrogen-bond acceptors (Lipinski definition) is 6. The molecule has 2 N–H and O–H groups in total. The highest BCUT2D eigenvalue weighted by Gasteiger charge is 2.25. The third kappa shape index (κ3) is 2.77. The maximum Gasteiger partial charge on any atom is 0.345 e. The minimum absolute atomic E-state index is 0.00766. The van der Waals surface area contributed by atoms with Crippen molar-refractivity contribution >= 4 is 11.7 Å². The monoisotopic (exact) mass is 305 g/mol. The maximum atomic E-state index is 11.9. The predicted molar refractivity (Wildman–Crippen MR) is 75.7 cm³/mol. The molecule has 0 aliphatic carbocycles. The number of para-hydroxylation sites is 1. The smallest absolute Gasteiger partial charge is 0.345 e. The fourth-order valence-corrected chi connectivity index (χ4v) is 1.93. The van der Waals surface area contributed by atoms with E-state index in [1.165, 1.54) is 24.3 Å². The minimum Gasteiger partial charge on any atom is -0.462 e. The molecule has 0 atom stereocenters. The summed E-state index contributed by atoms with van der Waals surface area (Å²) in [5.74, 6) is -0.979. The number of aromatic nitrogens is 2. The molecule has 0 saturated carbocycles. The van der Waals surface area contributed by atoms with Crippen molar-refractivity contribution in [2.45, 2.75) is 6.92 Å². The van der Waals surface area contributed by atoms with Gasteiger partial charge in [-0.05, 0) is 13.0 Å². The first-order valence-electron chi connectivity index (χ1n) is 6.23. The molecule has 0 unspecified atom stereocenters. The zero-order valence-electron chi connectivity index (χ0n) is 11.4. The Morgan fingerprint density at radius 3 is 2.59 bits per heavy atom. The lowest BCUT2D eigenvalue weighted by Gasteiger charge is -2.08. The highest BCUT2D eigenvalue weighted by molar-refractivity contribution is 5.96. The molecule has 0 bridgehead atoms. The lowest BCUT2D eigenvalue weighted by atomic mass is 10.1. The van der Waals surface area contributed by atoms with Crippen LogP contribution in [0.25, 0.3) is 11.3 Å². The van der Waals surface area contributed by atoms with E-state index in [0.29, 0.717) is 0 Å². The van der Waals surface area contributed by atoms with Crippen molar-refractivity contribution in [1.82, 2.24) is 9.97 Å². The van der Waals surface area contributed by atoms with Gasteiger partial charge in [0, 0.05) is 6.07 Å². The van der Waals surface area contributed by atoms with Gasteiger partial charge < -0.3 is 9.72 Å². The van der Waals surface area contributed by atoms with E-state index in [1.807, 2.05) is 4.98 Å². The summed E-state index contributed by atoms with van der Waals surface area (Å²) in [5, 5.41) is 11.1. The number of benzene rings is 1. The number of nitro benzene ring substituents is 1. The van der Waals surface area contributed by atoms with Crippen molar-refractivity contribution in [2.24, 2.45) is 0 Å². The van der Waals surface area contributed by atoms with Crippen molar-refractivity contribution in [3.05, 3.63) is 60.8 Å². The number of rotatable bonds is 4. The third-order valence-corrected chi connectivity index (χ3v) is 2.79. The fraction of sp³-hybridized carbons (Fsp3) is 0.154. The Bertz CT molecular complexity index is 851. The van der Waals surface area contributed by atoms with Gasteiger partial charge in [-0.1, -0.05) is 12.1 Å². The first kappa shape index (κ1) is 15.2. The quantitative estimate of drug-likeness (QED) is 0.487. The zero-order valence-corrected chi connectivity index (χ0v) is 11.4. The highest BCUT2D eigenvalue weighted by Crippen LogP contribution is 2.28. The molecule has 9 heteroatoms. The van der Waals surface area contributed by atoms with Crippen LogP contribution in [-0.2, 0) is 4.74 Å². The van der Waals surface area contributed by atoms with Crippen LogP contribution in [0.3, 0.4) is 0 Å². The van der Waals surface area contributed by atoms with Crippen LogP contribution in [-0.4, -0.2) is 27.5 Å². The van der Waals surface area contributed by atoms with Gasteiger partial charge in [0.15, 0.2) is 0 Å². The van der Waals surface area contributed by atoms with Gasteiger partial charge in [0.1, 0.15) is 5.56 Å². The lowest BCUT2D eigenvalue weighted by Crippen LogP contribution is -2.30. The number of hydrogen-bond donors (Lipinski definition) is 2. The van der Waals surface area contributed by atoms with Gasteiger partial charge in [-0.25, -0.2) is 9.59 Å². The molecule has 114 valence electrons. The Hall–Kier alpha value is -3.23. The van der Waals surface area contributed by atoms with Crippen molar-refractivity contribution in [3.63, 3.8) is 0 Å². The van der Waals surface area contributed by atoms with E-state index in [0.717, 1.165) is 0 Å². The summed E-state index contributed by atoms with van der Waals surface area (Å²) in [4.78, 5) is 49.8. The molecule has 2 rings (SSSR count). The van der Waals surface area contributed by atoms with Gasteiger partial charge >= 0.3 is 11.7 Å². The van der Waals surface area contributed by atoms with E-state index in [2.05, 4.69) is 4.98 Å². The van der Waals surface area contributed by atoms with Crippen molar-refractivity contribution in [2.75, 3.05) is 6.61 Å². The average molecular weight is 305 g/mol. The van der Waals surface area contributed by atoms with Gasteiger partial charge in [0.25, 0.3) is 11.2 Å². The summed E-state index contributed by atoms with van der Waals surface area (Å²) >= 11 is 0. The lowest BCUT2D eigenvalue weighted by molar-refractivity contribution is -0.384. The molecule has 1 heterocycles. The predicted octanol–water partition coefficient (Wildman–Crippen LogP) is 0.815. The van der Waals surface area contributed by atoms with Crippen molar-refractivity contribution < 1.29 is 14.5 Å². The van der Waals surface area contributed by atoms with Crippen molar-refractivity contribution in [3.8, 4) is 11.3 Å². The Kier molecular flexibility index (Phi) is 4.16. The second kappa shape index (κ2) is 6.04. The normalized spacial score (nSPS) is 10.2. The van der Waals surface area contributed by atoms with Gasteiger partial charge in [0.2, 0.25) is 0 Å². The average Bonchev–Trinajstić information content (AvgIpc) is 2.46. The highest BCUT2D eigenvalue weighted by atomic mass is 16.6. The molecule has 9 nitrogen and oxygen atoms in total. The standard InChI is InChI=1S/C13H11N3O6/c1-2-22-12(18)9-10(14-13(19)15-11(9)17)7-5-3-4-6-8(7)16(20)21/h3-6H,2H2,1H3,(H2,14,15,17,19). The summed E-state index contributed by atoms with van der Waals surface area (Å²) in [6, 6.07) is 5.43. The fourth-order valence-electron chi connectivity index (χ4n) is 1.93. The number of nitrogens with zero attached hydrogens (tertiary/aromatic N) is 1. The Balaban J connectivity index is 2.81. The number of esters is 1. The summed E-state index contributed by atoms with van der Waals surface area (Å²) in [7, 11) is 0. The van der Waals surface area contributed by atoms with Crippen LogP contribution < -0.4 is 11.2 Å². The van der Waals surface area contributed by atoms with Gasteiger partial charge in [-0.2, -0.15) is 0 Å². The second-order valence-electron chi connectivity index (χ2n) is 4.15. The van der Waals surface area contributed by atoms with Gasteiger partial charge in [0.05, 0.1) is 22.8 Å². The summed E-state index contributed by atoms with van der Waals surface area (Å²) in [5.41, 5.74) is -3.01.